The standard InChI is InChI=1S/C37H30N4O4.C2HF3O2/c1-45-30-19-13-24(14-20-30)22-39-37(44)32-23-38-35-31(11-6-12-33(35)42)34(32)40-28-9-5-10-29(21-28)41-36(43)27-17-15-26(16-18-27)25-7-3-2-4-8-25;3-2(4,5)1(6)7/h2-21,23,42H,22H2,1H3,(H,38,40)(H,39,44)(H,41,43);(H,6,7). The van der Waals surface area contributed by atoms with Gasteiger partial charge in [0.25, 0.3) is 11.8 Å². The summed E-state index contributed by atoms with van der Waals surface area (Å²) in [7, 11) is 1.60. The minimum Gasteiger partial charge on any atom is -0.506 e. The topological polar surface area (TPSA) is 150 Å². The van der Waals surface area contributed by atoms with Crippen LogP contribution in [0, 0.1) is 0 Å². The molecule has 264 valence electrons. The second-order valence-electron chi connectivity index (χ2n) is 11.2. The highest BCUT2D eigenvalue weighted by molar-refractivity contribution is 6.09. The van der Waals surface area contributed by atoms with Gasteiger partial charge in [-0.1, -0.05) is 72.8 Å². The van der Waals surface area contributed by atoms with Crippen LogP contribution in [0.4, 0.5) is 30.2 Å². The van der Waals surface area contributed by atoms with Crippen LogP contribution >= 0.6 is 0 Å². The van der Waals surface area contributed by atoms with Gasteiger partial charge in [-0.3, -0.25) is 14.6 Å². The number of aromatic hydroxyl groups is 1. The molecule has 0 saturated carbocycles. The van der Waals surface area contributed by atoms with Crippen molar-refractivity contribution in [1.29, 1.82) is 0 Å². The van der Waals surface area contributed by atoms with E-state index in [0.29, 0.717) is 45.6 Å². The van der Waals surface area contributed by atoms with Crippen molar-refractivity contribution < 1.29 is 42.5 Å². The number of amides is 2. The van der Waals surface area contributed by atoms with Crippen LogP contribution in [0.3, 0.4) is 0 Å². The molecule has 5 aromatic carbocycles. The molecule has 0 unspecified atom stereocenters. The van der Waals surface area contributed by atoms with Gasteiger partial charge in [-0.25, -0.2) is 4.79 Å². The number of fused-ring (bicyclic) bond motifs is 1. The lowest BCUT2D eigenvalue weighted by molar-refractivity contribution is -0.192. The van der Waals surface area contributed by atoms with E-state index in [1.54, 1.807) is 55.6 Å². The van der Waals surface area contributed by atoms with Crippen molar-refractivity contribution >= 4 is 45.7 Å². The first-order chi connectivity index (χ1) is 24.9. The summed E-state index contributed by atoms with van der Waals surface area (Å²) >= 11 is 0. The van der Waals surface area contributed by atoms with E-state index in [-0.39, 0.29) is 17.6 Å². The lowest BCUT2D eigenvalue weighted by Crippen LogP contribution is -2.24. The molecule has 1 aromatic heterocycles. The number of carbonyl (C=O) groups is 3. The number of phenolic OH excluding ortho intramolecular Hbond substituents is 1. The molecule has 0 bridgehead atoms. The fraction of sp³-hybridized carbons (Fsp3) is 0.0769. The van der Waals surface area contributed by atoms with Crippen LogP contribution in [0.5, 0.6) is 11.5 Å². The number of hydrogen-bond acceptors (Lipinski definition) is 7. The number of carboxylic acids is 1. The van der Waals surface area contributed by atoms with E-state index in [4.69, 9.17) is 14.6 Å². The van der Waals surface area contributed by atoms with Gasteiger partial charge in [0.2, 0.25) is 0 Å². The van der Waals surface area contributed by atoms with Crippen LogP contribution in [0.1, 0.15) is 26.3 Å². The van der Waals surface area contributed by atoms with Gasteiger partial charge < -0.3 is 30.9 Å². The average Bonchev–Trinajstić information content (AvgIpc) is 3.15. The third kappa shape index (κ3) is 9.21. The zero-order chi connectivity index (χ0) is 37.3. The Hall–Kier alpha value is -6.89. The van der Waals surface area contributed by atoms with Gasteiger partial charge >= 0.3 is 12.1 Å². The fourth-order valence-corrected chi connectivity index (χ4v) is 5.00. The monoisotopic (exact) mass is 708 g/mol. The number of carbonyl (C=O) groups excluding carboxylic acids is 2. The number of nitrogens with one attached hydrogen (secondary N) is 3. The number of anilines is 3. The SMILES string of the molecule is COc1ccc(CNC(=O)c2cnc3c(O)cccc3c2Nc2cccc(NC(=O)c3ccc(-c4ccccc4)cc3)c2)cc1.O=C(O)C(F)(F)F. The molecule has 0 atom stereocenters. The Balaban J connectivity index is 0.000000679. The Bertz CT molecular complexity index is 2190. The Labute approximate surface area is 295 Å². The maximum absolute atomic E-state index is 13.4. The molecule has 52 heavy (non-hydrogen) atoms. The molecule has 5 N–H and O–H groups in total. The smallest absolute Gasteiger partial charge is 0.490 e. The molecular weight excluding hydrogens is 677 g/mol. The van der Waals surface area contributed by atoms with Gasteiger partial charge in [-0.15, -0.1) is 0 Å². The zero-order valence-electron chi connectivity index (χ0n) is 27.4. The molecule has 0 aliphatic heterocycles. The zero-order valence-corrected chi connectivity index (χ0v) is 27.4. The molecular formula is C39H31F3N4O6. The van der Waals surface area contributed by atoms with Crippen molar-refractivity contribution in [2.75, 3.05) is 17.7 Å². The Morgan fingerprint density at radius 3 is 2.06 bits per heavy atom. The second-order valence-corrected chi connectivity index (χ2v) is 11.2. The number of para-hydroxylation sites is 1. The number of rotatable bonds is 9. The van der Waals surface area contributed by atoms with Crippen LogP contribution in [0.2, 0.25) is 0 Å². The largest absolute Gasteiger partial charge is 0.506 e. The van der Waals surface area contributed by atoms with Gasteiger partial charge in [-0.05, 0) is 65.2 Å². The lowest BCUT2D eigenvalue weighted by Gasteiger charge is -2.16. The maximum atomic E-state index is 13.4. The predicted molar refractivity (Wildman–Crippen MR) is 191 cm³/mol. The first-order valence-corrected chi connectivity index (χ1v) is 15.6. The van der Waals surface area contributed by atoms with Gasteiger partial charge in [0.15, 0.2) is 0 Å². The first kappa shape index (κ1) is 36.4. The van der Waals surface area contributed by atoms with Crippen LogP contribution in [-0.2, 0) is 11.3 Å². The highest BCUT2D eigenvalue weighted by Gasteiger charge is 2.38. The molecule has 1 heterocycles. The second kappa shape index (κ2) is 16.2. The first-order valence-electron chi connectivity index (χ1n) is 15.6. The molecule has 13 heteroatoms. The third-order valence-corrected chi connectivity index (χ3v) is 7.62. The molecule has 2 amide bonds. The Kier molecular flexibility index (Phi) is 11.3. The summed E-state index contributed by atoms with van der Waals surface area (Å²) in [6, 6.07) is 37.1. The molecule has 10 nitrogen and oxygen atoms in total. The van der Waals surface area contributed by atoms with Crippen LogP contribution in [0.15, 0.2) is 128 Å². The summed E-state index contributed by atoms with van der Waals surface area (Å²) in [6.45, 7) is 0.300. The van der Waals surface area contributed by atoms with Gasteiger partial charge in [0.1, 0.15) is 17.0 Å². The number of benzene rings is 5. The normalized spacial score (nSPS) is 10.8. The number of hydrogen-bond donors (Lipinski definition) is 5. The van der Waals surface area contributed by atoms with Gasteiger partial charge in [0, 0.05) is 35.1 Å². The van der Waals surface area contributed by atoms with E-state index in [2.05, 4.69) is 20.9 Å². The van der Waals surface area contributed by atoms with Crippen molar-refractivity contribution in [3.63, 3.8) is 0 Å². The minimum absolute atomic E-state index is 0.0000351. The molecule has 0 saturated heterocycles. The Morgan fingerprint density at radius 1 is 0.769 bits per heavy atom. The fourth-order valence-electron chi connectivity index (χ4n) is 5.00. The summed E-state index contributed by atoms with van der Waals surface area (Å²) in [5.41, 5.74) is 5.87. The quantitative estimate of drug-likeness (QED) is 0.101. The van der Waals surface area contributed by atoms with Crippen LogP contribution in [-0.4, -0.2) is 46.3 Å². The number of aromatic nitrogens is 1. The number of aliphatic carboxylic acids is 1. The minimum atomic E-state index is -5.08. The number of phenols is 1. The van der Waals surface area contributed by atoms with Crippen molar-refractivity contribution in [2.24, 2.45) is 0 Å². The third-order valence-electron chi connectivity index (χ3n) is 7.62. The summed E-state index contributed by atoms with van der Waals surface area (Å²) in [6.07, 6.45) is -3.64. The maximum Gasteiger partial charge on any atom is 0.490 e. The number of methoxy groups -OCH3 is 1. The van der Waals surface area contributed by atoms with E-state index in [1.165, 1.54) is 6.20 Å². The van der Waals surface area contributed by atoms with E-state index in [1.807, 2.05) is 72.8 Å². The molecule has 6 rings (SSSR count). The van der Waals surface area contributed by atoms with Crippen LogP contribution < -0.4 is 20.7 Å². The highest BCUT2D eigenvalue weighted by atomic mass is 19.4. The number of carboxylic acid groups (broad SMARTS) is 1. The molecule has 0 fully saturated rings. The van der Waals surface area contributed by atoms with Crippen molar-refractivity contribution in [2.45, 2.75) is 12.7 Å². The highest BCUT2D eigenvalue weighted by Crippen LogP contribution is 2.34. The van der Waals surface area contributed by atoms with Crippen molar-refractivity contribution in [3.05, 3.63) is 144 Å². The number of alkyl halides is 3. The van der Waals surface area contributed by atoms with E-state index >= 15 is 0 Å². The van der Waals surface area contributed by atoms with E-state index in [0.717, 1.165) is 22.4 Å². The van der Waals surface area contributed by atoms with Crippen LogP contribution in [0.25, 0.3) is 22.0 Å². The Morgan fingerprint density at radius 2 is 1.40 bits per heavy atom. The summed E-state index contributed by atoms with van der Waals surface area (Å²) in [5, 5.41) is 27.4. The van der Waals surface area contributed by atoms with Crippen molar-refractivity contribution in [1.82, 2.24) is 10.3 Å². The van der Waals surface area contributed by atoms with E-state index in [9.17, 15) is 27.9 Å². The summed E-state index contributed by atoms with van der Waals surface area (Å²) in [4.78, 5) is 39.8. The number of nitrogens with zero attached hydrogens (tertiary/aromatic N) is 1. The summed E-state index contributed by atoms with van der Waals surface area (Å²) in [5.74, 6) is -2.61. The van der Waals surface area contributed by atoms with E-state index < -0.39 is 12.1 Å². The van der Waals surface area contributed by atoms with Gasteiger partial charge in [0.05, 0.1) is 18.4 Å². The number of halogens is 3. The molecule has 0 aliphatic carbocycles. The van der Waals surface area contributed by atoms with Crippen molar-refractivity contribution in [3.8, 4) is 22.6 Å². The average molecular weight is 709 g/mol. The molecule has 6 aromatic rings. The number of ether oxygens (including phenoxy) is 1. The van der Waals surface area contributed by atoms with Gasteiger partial charge in [-0.2, -0.15) is 13.2 Å². The number of pyridine rings is 1. The lowest BCUT2D eigenvalue weighted by atomic mass is 10.0. The molecule has 0 spiro atoms. The predicted octanol–water partition coefficient (Wildman–Crippen LogP) is 8.18. The molecule has 0 radical (unpaired) electrons. The summed E-state index contributed by atoms with van der Waals surface area (Å²) < 4.78 is 36.9. The molecule has 0 aliphatic rings.